The van der Waals surface area contributed by atoms with E-state index in [1.165, 1.54) is 0 Å². The van der Waals surface area contributed by atoms with Crippen molar-refractivity contribution in [3.63, 3.8) is 0 Å². The van der Waals surface area contributed by atoms with Gasteiger partial charge in [0.25, 0.3) is 0 Å². The fourth-order valence-electron chi connectivity index (χ4n) is 1.90. The number of nitrogens with one attached hydrogen (secondary N) is 1. The van der Waals surface area contributed by atoms with Crippen LogP contribution in [0, 0.1) is 12.3 Å². The van der Waals surface area contributed by atoms with Gasteiger partial charge in [-0.2, -0.15) is 5.10 Å². The standard InChI is InChI=1S/C14H23N5OS/c1-10-5-6-11-12(13(15)16)18-19(14(11)17-10)9-20-7-8-21(2,3)4/h5-6H,7-9H2,1-4H3,(H3,15,16). The predicted molar refractivity (Wildman–Crippen MR) is 89.5 cm³/mol. The minimum absolute atomic E-state index is 0.0523. The first-order chi connectivity index (χ1) is 9.78. The van der Waals surface area contributed by atoms with Gasteiger partial charge in [-0.1, -0.05) is 0 Å². The predicted octanol–water partition coefficient (Wildman–Crippen LogP) is 1.69. The first-order valence-electron chi connectivity index (χ1n) is 6.70. The van der Waals surface area contributed by atoms with Gasteiger partial charge < -0.3 is 10.5 Å². The quantitative estimate of drug-likeness (QED) is 0.483. The number of fused-ring (bicyclic) bond motifs is 1. The Morgan fingerprint density at radius 1 is 1.38 bits per heavy atom. The Kier molecular flexibility index (Phi) is 4.53. The van der Waals surface area contributed by atoms with Crippen molar-refractivity contribution in [2.24, 2.45) is 5.73 Å². The molecular formula is C14H23N5OS. The number of aryl methyl sites for hydroxylation is 1. The highest BCUT2D eigenvalue weighted by Gasteiger charge is 2.14. The van der Waals surface area contributed by atoms with E-state index in [4.69, 9.17) is 15.9 Å². The van der Waals surface area contributed by atoms with Crippen molar-refractivity contribution in [1.82, 2.24) is 14.8 Å². The van der Waals surface area contributed by atoms with Gasteiger partial charge in [0.05, 0.1) is 12.0 Å². The summed E-state index contributed by atoms with van der Waals surface area (Å²) < 4.78 is 7.38. The highest BCUT2D eigenvalue weighted by molar-refractivity contribution is 8.32. The van der Waals surface area contributed by atoms with Crippen molar-refractivity contribution >= 4 is 26.9 Å². The van der Waals surface area contributed by atoms with Crippen molar-refractivity contribution in [3.8, 4) is 0 Å². The third kappa shape index (κ3) is 3.95. The van der Waals surface area contributed by atoms with E-state index in [2.05, 4.69) is 28.8 Å². The number of nitrogens with zero attached hydrogens (tertiary/aromatic N) is 3. The van der Waals surface area contributed by atoms with Crippen LogP contribution in [0.1, 0.15) is 11.4 Å². The monoisotopic (exact) mass is 309 g/mol. The summed E-state index contributed by atoms with van der Waals surface area (Å²) in [5.74, 6) is 1.00. The van der Waals surface area contributed by atoms with E-state index in [9.17, 15) is 0 Å². The van der Waals surface area contributed by atoms with Crippen LogP contribution in [-0.2, 0) is 11.5 Å². The number of nitrogens with two attached hydrogens (primary N) is 1. The van der Waals surface area contributed by atoms with Crippen LogP contribution < -0.4 is 5.73 Å². The van der Waals surface area contributed by atoms with E-state index >= 15 is 0 Å². The molecule has 0 amide bonds. The third-order valence-electron chi connectivity index (χ3n) is 3.04. The summed E-state index contributed by atoms with van der Waals surface area (Å²) in [4.78, 5) is 4.48. The zero-order valence-corrected chi connectivity index (χ0v) is 13.8. The SMILES string of the molecule is Cc1ccc2c(C(=N)N)nn(COCCS(C)(C)C)c2n1. The molecule has 0 aliphatic rings. The maximum atomic E-state index is 7.62. The van der Waals surface area contributed by atoms with Gasteiger partial charge in [-0.15, -0.1) is 0 Å². The molecule has 0 atom stereocenters. The minimum Gasteiger partial charge on any atom is -0.382 e. The zero-order chi connectivity index (χ0) is 15.6. The number of rotatable bonds is 6. The summed E-state index contributed by atoms with van der Waals surface area (Å²) in [6, 6.07) is 3.79. The molecule has 0 fully saturated rings. The molecule has 0 bridgehead atoms. The molecule has 6 nitrogen and oxygen atoms in total. The third-order valence-corrected chi connectivity index (χ3v) is 4.43. The molecule has 0 spiro atoms. The molecule has 0 saturated heterocycles. The van der Waals surface area contributed by atoms with Gasteiger partial charge in [0.15, 0.2) is 5.65 Å². The Morgan fingerprint density at radius 2 is 2.10 bits per heavy atom. The average molecular weight is 309 g/mol. The van der Waals surface area contributed by atoms with E-state index < -0.39 is 10.0 Å². The average Bonchev–Trinajstić information content (AvgIpc) is 2.72. The van der Waals surface area contributed by atoms with Crippen LogP contribution in [0.15, 0.2) is 12.1 Å². The largest absolute Gasteiger partial charge is 0.382 e. The smallest absolute Gasteiger partial charge is 0.161 e. The molecule has 2 aromatic rings. The van der Waals surface area contributed by atoms with Crippen LogP contribution in [0.3, 0.4) is 0 Å². The minimum atomic E-state index is -0.560. The number of hydrogen-bond donors (Lipinski definition) is 2. The highest BCUT2D eigenvalue weighted by atomic mass is 32.3. The Balaban J connectivity index is 2.19. The van der Waals surface area contributed by atoms with Crippen molar-refractivity contribution in [2.75, 3.05) is 31.1 Å². The fourth-order valence-corrected chi connectivity index (χ4v) is 2.51. The van der Waals surface area contributed by atoms with Crippen LogP contribution in [0.2, 0.25) is 0 Å². The molecule has 2 rings (SSSR count). The molecule has 0 unspecified atom stereocenters. The number of pyridine rings is 1. The van der Waals surface area contributed by atoms with Gasteiger partial charge in [0.1, 0.15) is 18.3 Å². The van der Waals surface area contributed by atoms with E-state index in [1.807, 2.05) is 19.1 Å². The van der Waals surface area contributed by atoms with Gasteiger partial charge in [-0.25, -0.2) is 19.7 Å². The molecule has 0 radical (unpaired) electrons. The first kappa shape index (κ1) is 15.8. The second-order valence-electron chi connectivity index (χ2n) is 5.92. The van der Waals surface area contributed by atoms with Crippen molar-refractivity contribution < 1.29 is 4.74 Å². The number of amidine groups is 1. The number of hydrogen-bond acceptors (Lipinski definition) is 4. The Morgan fingerprint density at radius 3 is 2.71 bits per heavy atom. The van der Waals surface area contributed by atoms with E-state index in [0.29, 0.717) is 24.7 Å². The second kappa shape index (κ2) is 6.03. The molecule has 3 N–H and O–H groups in total. The number of nitrogen functional groups attached to an aromatic ring is 1. The lowest BCUT2D eigenvalue weighted by Crippen LogP contribution is -2.14. The molecule has 7 heteroatoms. The van der Waals surface area contributed by atoms with Crippen molar-refractivity contribution in [1.29, 1.82) is 5.41 Å². The zero-order valence-electron chi connectivity index (χ0n) is 13.0. The molecule has 0 aliphatic heterocycles. The first-order valence-corrected chi connectivity index (χ1v) is 9.73. The lowest BCUT2D eigenvalue weighted by Gasteiger charge is -2.24. The molecule has 0 saturated carbocycles. The summed E-state index contributed by atoms with van der Waals surface area (Å²) in [6.07, 6.45) is 6.79. The Hall–Kier alpha value is -1.60. The summed E-state index contributed by atoms with van der Waals surface area (Å²) in [5.41, 5.74) is 7.66. The van der Waals surface area contributed by atoms with E-state index in [-0.39, 0.29) is 5.84 Å². The molecule has 21 heavy (non-hydrogen) atoms. The maximum absolute atomic E-state index is 7.62. The summed E-state index contributed by atoms with van der Waals surface area (Å²) in [7, 11) is -0.560. The summed E-state index contributed by atoms with van der Waals surface area (Å²) in [6.45, 7) is 2.95. The topological polar surface area (TPSA) is 89.8 Å². The molecular weight excluding hydrogens is 286 g/mol. The molecule has 116 valence electrons. The molecule has 2 heterocycles. The van der Waals surface area contributed by atoms with Crippen LogP contribution in [-0.4, -0.2) is 51.7 Å². The van der Waals surface area contributed by atoms with Crippen molar-refractivity contribution in [2.45, 2.75) is 13.7 Å². The number of aromatic nitrogens is 3. The Bertz CT molecular complexity index is 659. The van der Waals surface area contributed by atoms with Crippen LogP contribution in [0.5, 0.6) is 0 Å². The normalized spacial score (nSPS) is 12.8. The van der Waals surface area contributed by atoms with Gasteiger partial charge in [0.2, 0.25) is 0 Å². The molecule has 0 aliphatic carbocycles. The van der Waals surface area contributed by atoms with Gasteiger partial charge in [0, 0.05) is 11.4 Å². The number of ether oxygens (including phenoxy) is 1. The highest BCUT2D eigenvalue weighted by Crippen LogP contribution is 2.33. The van der Waals surface area contributed by atoms with E-state index in [1.54, 1.807) is 4.68 Å². The summed E-state index contributed by atoms with van der Waals surface area (Å²) in [5, 5.41) is 12.8. The maximum Gasteiger partial charge on any atom is 0.161 e. The van der Waals surface area contributed by atoms with E-state index in [0.717, 1.165) is 16.8 Å². The van der Waals surface area contributed by atoms with Crippen LogP contribution >= 0.6 is 10.0 Å². The second-order valence-corrected chi connectivity index (χ2v) is 10.5. The van der Waals surface area contributed by atoms with Crippen molar-refractivity contribution in [3.05, 3.63) is 23.5 Å². The van der Waals surface area contributed by atoms with Gasteiger partial charge >= 0.3 is 0 Å². The molecule has 2 aromatic heterocycles. The van der Waals surface area contributed by atoms with Gasteiger partial charge in [-0.05, 0) is 37.8 Å². The fraction of sp³-hybridized carbons (Fsp3) is 0.500. The summed E-state index contributed by atoms with van der Waals surface area (Å²) >= 11 is 0. The van der Waals surface area contributed by atoms with Crippen LogP contribution in [0.4, 0.5) is 0 Å². The lowest BCUT2D eigenvalue weighted by atomic mass is 10.2. The molecule has 0 aromatic carbocycles. The lowest BCUT2D eigenvalue weighted by molar-refractivity contribution is 0.0836. The Labute approximate surface area is 126 Å². The van der Waals surface area contributed by atoms with Gasteiger partial charge in [-0.3, -0.25) is 5.41 Å². The van der Waals surface area contributed by atoms with Crippen LogP contribution in [0.25, 0.3) is 11.0 Å².